The molecule has 21 heavy (non-hydrogen) atoms. The summed E-state index contributed by atoms with van der Waals surface area (Å²) in [5.74, 6) is -0.521. The Morgan fingerprint density at radius 2 is 2.24 bits per heavy atom. The van der Waals surface area contributed by atoms with Gasteiger partial charge in [0.2, 0.25) is 0 Å². The van der Waals surface area contributed by atoms with Gasteiger partial charge >= 0.3 is 11.7 Å². The first-order chi connectivity index (χ1) is 9.90. The molecule has 0 saturated carbocycles. The van der Waals surface area contributed by atoms with Gasteiger partial charge in [0.1, 0.15) is 0 Å². The van der Waals surface area contributed by atoms with Crippen LogP contribution in [-0.2, 0) is 5.75 Å². The van der Waals surface area contributed by atoms with Crippen LogP contribution in [0.4, 0.5) is 0 Å². The van der Waals surface area contributed by atoms with E-state index in [4.69, 9.17) is 16.7 Å². The molecule has 0 atom stereocenters. The van der Waals surface area contributed by atoms with E-state index in [0.29, 0.717) is 15.9 Å². The number of carboxylic acid groups (broad SMARTS) is 1. The Morgan fingerprint density at radius 3 is 2.81 bits per heavy atom. The van der Waals surface area contributed by atoms with Crippen molar-refractivity contribution in [2.24, 2.45) is 0 Å². The molecule has 0 fully saturated rings. The number of hydrogen-bond donors (Lipinski definition) is 2. The van der Waals surface area contributed by atoms with E-state index >= 15 is 0 Å². The van der Waals surface area contributed by atoms with Gasteiger partial charge < -0.3 is 5.11 Å². The maximum Gasteiger partial charge on any atom is 0.344 e. The number of aromatic nitrogens is 3. The third-order valence-corrected chi connectivity index (χ3v) is 4.20. The first-order valence-corrected chi connectivity index (χ1v) is 7.58. The SMILES string of the molecule is CC(C)n1c(SCc2ccc(C(=O)O)cc2Cl)n[nH]c1=O. The molecule has 2 aromatic rings. The van der Waals surface area contributed by atoms with Gasteiger partial charge in [0.25, 0.3) is 0 Å². The molecule has 2 rings (SSSR count). The average Bonchev–Trinajstić information content (AvgIpc) is 2.78. The fourth-order valence-corrected chi connectivity index (χ4v) is 3.19. The zero-order valence-electron chi connectivity index (χ0n) is 11.5. The molecular formula is C13H14ClN3O3S. The number of nitrogens with zero attached hydrogens (tertiary/aromatic N) is 2. The Labute approximate surface area is 130 Å². The van der Waals surface area contributed by atoms with Crippen molar-refractivity contribution >= 4 is 29.3 Å². The van der Waals surface area contributed by atoms with Crippen LogP contribution in [0.5, 0.6) is 0 Å². The van der Waals surface area contributed by atoms with Crippen molar-refractivity contribution in [2.75, 3.05) is 0 Å². The summed E-state index contributed by atoms with van der Waals surface area (Å²) in [6, 6.07) is 4.59. The maximum absolute atomic E-state index is 11.6. The van der Waals surface area contributed by atoms with Crippen molar-refractivity contribution in [1.82, 2.24) is 14.8 Å². The highest BCUT2D eigenvalue weighted by atomic mass is 35.5. The third-order valence-electron chi connectivity index (χ3n) is 2.85. The molecule has 0 bridgehead atoms. The van der Waals surface area contributed by atoms with Crippen LogP contribution < -0.4 is 5.69 Å². The summed E-state index contributed by atoms with van der Waals surface area (Å²) >= 11 is 7.44. The van der Waals surface area contributed by atoms with Crippen LogP contribution in [0.1, 0.15) is 35.8 Å². The molecule has 0 aliphatic heterocycles. The number of H-pyrrole nitrogens is 1. The molecule has 0 radical (unpaired) electrons. The van der Waals surface area contributed by atoms with Crippen LogP contribution in [0, 0.1) is 0 Å². The Hall–Kier alpha value is -1.73. The van der Waals surface area contributed by atoms with E-state index in [0.717, 1.165) is 5.56 Å². The normalized spacial score (nSPS) is 11.0. The molecule has 1 aromatic heterocycles. The lowest BCUT2D eigenvalue weighted by molar-refractivity contribution is 0.0697. The van der Waals surface area contributed by atoms with Crippen molar-refractivity contribution < 1.29 is 9.90 Å². The first-order valence-electron chi connectivity index (χ1n) is 6.21. The van der Waals surface area contributed by atoms with Crippen molar-refractivity contribution in [3.63, 3.8) is 0 Å². The Kier molecular flexibility index (Phi) is 4.74. The van der Waals surface area contributed by atoms with Crippen LogP contribution in [0.2, 0.25) is 5.02 Å². The molecule has 1 heterocycles. The standard InChI is InChI=1S/C13H14ClN3O3S/c1-7(2)17-12(20)15-16-13(17)21-6-9-4-3-8(11(18)19)5-10(9)14/h3-5,7H,6H2,1-2H3,(H,15,20)(H,18,19). The van der Waals surface area contributed by atoms with E-state index in [-0.39, 0.29) is 17.3 Å². The van der Waals surface area contributed by atoms with Gasteiger partial charge in [-0.25, -0.2) is 14.7 Å². The van der Waals surface area contributed by atoms with E-state index < -0.39 is 5.97 Å². The summed E-state index contributed by atoms with van der Waals surface area (Å²) in [6.45, 7) is 3.80. The largest absolute Gasteiger partial charge is 0.478 e. The van der Waals surface area contributed by atoms with E-state index in [1.807, 2.05) is 13.8 Å². The van der Waals surface area contributed by atoms with Gasteiger partial charge in [-0.2, -0.15) is 0 Å². The Balaban J connectivity index is 2.17. The second-order valence-corrected chi connectivity index (χ2v) is 6.02. The van der Waals surface area contributed by atoms with Crippen LogP contribution in [0.3, 0.4) is 0 Å². The molecule has 6 nitrogen and oxygen atoms in total. The molecule has 8 heteroatoms. The summed E-state index contributed by atoms with van der Waals surface area (Å²) < 4.78 is 1.56. The van der Waals surface area contributed by atoms with Gasteiger partial charge in [-0.3, -0.25) is 4.57 Å². The van der Waals surface area contributed by atoms with E-state index in [1.54, 1.807) is 10.6 Å². The molecule has 0 saturated heterocycles. The first kappa shape index (κ1) is 15.7. The van der Waals surface area contributed by atoms with Crippen molar-refractivity contribution in [3.8, 4) is 0 Å². The van der Waals surface area contributed by atoms with Crippen LogP contribution in [0.15, 0.2) is 28.2 Å². The molecule has 0 unspecified atom stereocenters. The second-order valence-electron chi connectivity index (χ2n) is 4.68. The number of aromatic carboxylic acids is 1. The molecule has 0 aliphatic carbocycles. The van der Waals surface area contributed by atoms with Gasteiger partial charge in [0.05, 0.1) is 5.56 Å². The van der Waals surface area contributed by atoms with Gasteiger partial charge in [-0.05, 0) is 31.5 Å². The quantitative estimate of drug-likeness (QED) is 0.824. The van der Waals surface area contributed by atoms with Gasteiger partial charge in [-0.1, -0.05) is 29.4 Å². The predicted molar refractivity (Wildman–Crippen MR) is 81.2 cm³/mol. The third kappa shape index (κ3) is 3.48. The highest BCUT2D eigenvalue weighted by Crippen LogP contribution is 2.26. The lowest BCUT2D eigenvalue weighted by Crippen LogP contribution is -2.19. The number of carboxylic acids is 1. The van der Waals surface area contributed by atoms with Crippen LogP contribution in [-0.4, -0.2) is 25.8 Å². The summed E-state index contributed by atoms with van der Waals surface area (Å²) in [4.78, 5) is 22.5. The topological polar surface area (TPSA) is 88.0 Å². The summed E-state index contributed by atoms with van der Waals surface area (Å²) in [5.41, 5.74) is 0.685. The number of nitrogens with one attached hydrogen (secondary N) is 1. The van der Waals surface area contributed by atoms with Gasteiger partial charge in [-0.15, -0.1) is 5.10 Å². The van der Waals surface area contributed by atoms with Crippen molar-refractivity contribution in [1.29, 1.82) is 0 Å². The predicted octanol–water partition coefficient (Wildman–Crippen LogP) is 2.80. The lowest BCUT2D eigenvalue weighted by atomic mass is 10.1. The molecular weight excluding hydrogens is 314 g/mol. The van der Waals surface area contributed by atoms with E-state index in [2.05, 4.69) is 10.2 Å². The minimum atomic E-state index is -1.02. The lowest BCUT2D eigenvalue weighted by Gasteiger charge is -2.09. The fraction of sp³-hybridized carbons (Fsp3) is 0.308. The average molecular weight is 328 g/mol. The second kappa shape index (κ2) is 6.36. The summed E-state index contributed by atoms with van der Waals surface area (Å²) in [7, 11) is 0. The summed E-state index contributed by atoms with van der Waals surface area (Å²) in [6.07, 6.45) is 0. The Morgan fingerprint density at radius 1 is 1.52 bits per heavy atom. The fourth-order valence-electron chi connectivity index (χ4n) is 1.79. The number of halogens is 1. The number of rotatable bonds is 5. The van der Waals surface area contributed by atoms with Gasteiger partial charge in [0.15, 0.2) is 5.16 Å². The van der Waals surface area contributed by atoms with E-state index in [1.165, 1.54) is 23.9 Å². The van der Waals surface area contributed by atoms with Crippen molar-refractivity contribution in [2.45, 2.75) is 30.8 Å². The van der Waals surface area contributed by atoms with Crippen LogP contribution in [0.25, 0.3) is 0 Å². The smallest absolute Gasteiger partial charge is 0.344 e. The van der Waals surface area contributed by atoms with Crippen LogP contribution >= 0.6 is 23.4 Å². The zero-order chi connectivity index (χ0) is 15.6. The molecule has 112 valence electrons. The summed E-state index contributed by atoms with van der Waals surface area (Å²) in [5, 5.41) is 16.3. The van der Waals surface area contributed by atoms with E-state index in [9.17, 15) is 9.59 Å². The number of aromatic amines is 1. The molecule has 0 amide bonds. The highest BCUT2D eigenvalue weighted by Gasteiger charge is 2.13. The minimum absolute atomic E-state index is 0.00334. The molecule has 0 spiro atoms. The Bertz CT molecular complexity index is 724. The highest BCUT2D eigenvalue weighted by molar-refractivity contribution is 7.98. The number of hydrogen-bond acceptors (Lipinski definition) is 4. The minimum Gasteiger partial charge on any atom is -0.478 e. The molecule has 2 N–H and O–H groups in total. The zero-order valence-corrected chi connectivity index (χ0v) is 13.0. The number of thioether (sulfide) groups is 1. The van der Waals surface area contributed by atoms with Crippen molar-refractivity contribution in [3.05, 3.63) is 44.8 Å². The number of benzene rings is 1. The molecule has 1 aromatic carbocycles. The number of carbonyl (C=O) groups is 1. The maximum atomic E-state index is 11.6. The van der Waals surface area contributed by atoms with Gasteiger partial charge in [0, 0.05) is 16.8 Å². The monoisotopic (exact) mass is 327 g/mol. The molecule has 0 aliphatic rings.